The largest absolute Gasteiger partial charge is 0.532 e. The van der Waals surface area contributed by atoms with Crippen molar-refractivity contribution in [3.63, 3.8) is 0 Å². The molecule has 2 heterocycles. The summed E-state index contributed by atoms with van der Waals surface area (Å²) in [7, 11) is -0.375. The smallest absolute Gasteiger partial charge is 0.473 e. The molecule has 1 aliphatic heterocycles. The van der Waals surface area contributed by atoms with Crippen LogP contribution in [0.3, 0.4) is 0 Å². The van der Waals surface area contributed by atoms with Crippen LogP contribution in [-0.4, -0.2) is 18.3 Å². The molecule has 4 heteroatoms. The second-order valence-corrected chi connectivity index (χ2v) is 6.85. The van der Waals surface area contributed by atoms with E-state index in [1.165, 1.54) is 31.2 Å². The van der Waals surface area contributed by atoms with E-state index in [9.17, 15) is 0 Å². The van der Waals surface area contributed by atoms with Crippen molar-refractivity contribution in [1.82, 2.24) is 0 Å². The average molecular weight is 262 g/mol. The zero-order chi connectivity index (χ0) is 13.7. The lowest BCUT2D eigenvalue weighted by Gasteiger charge is -2.32. The van der Waals surface area contributed by atoms with Crippen molar-refractivity contribution in [2.24, 2.45) is 0 Å². The Hall–Kier alpha value is -0.735. The Labute approximate surface area is 115 Å². The minimum Gasteiger partial charge on any atom is -0.473 e. The Morgan fingerprint density at radius 1 is 1.05 bits per heavy atom. The SMILES string of the molecule is CC1(C)OB(c2cc(C3CCCC3)co2)OC1(C)C. The third-order valence-electron chi connectivity index (χ3n) is 4.95. The molecule has 0 bridgehead atoms. The summed E-state index contributed by atoms with van der Waals surface area (Å²) < 4.78 is 17.7. The summed E-state index contributed by atoms with van der Waals surface area (Å²) in [6.07, 6.45) is 7.12. The third kappa shape index (κ3) is 2.25. The zero-order valence-corrected chi connectivity index (χ0v) is 12.4. The fraction of sp³-hybridized carbons (Fsp3) is 0.733. The third-order valence-corrected chi connectivity index (χ3v) is 4.95. The topological polar surface area (TPSA) is 31.6 Å². The molecule has 0 aromatic carbocycles. The maximum atomic E-state index is 6.01. The van der Waals surface area contributed by atoms with Crippen molar-refractivity contribution in [3.05, 3.63) is 17.9 Å². The molecule has 104 valence electrons. The molecule has 1 saturated heterocycles. The van der Waals surface area contributed by atoms with Crippen LogP contribution in [0, 0.1) is 0 Å². The first-order valence-corrected chi connectivity index (χ1v) is 7.33. The summed E-state index contributed by atoms with van der Waals surface area (Å²) in [5, 5.41) is 0. The van der Waals surface area contributed by atoms with Crippen LogP contribution in [0.1, 0.15) is 64.9 Å². The summed E-state index contributed by atoms with van der Waals surface area (Å²) in [4.78, 5) is 0. The highest BCUT2D eigenvalue weighted by molar-refractivity contribution is 6.60. The zero-order valence-electron chi connectivity index (χ0n) is 12.4. The lowest BCUT2D eigenvalue weighted by atomic mass is 9.85. The van der Waals surface area contributed by atoms with Gasteiger partial charge in [0.15, 0.2) is 0 Å². The van der Waals surface area contributed by atoms with E-state index in [0.29, 0.717) is 5.92 Å². The molecule has 0 amide bonds. The molecule has 0 spiro atoms. The Morgan fingerprint density at radius 3 is 2.21 bits per heavy atom. The van der Waals surface area contributed by atoms with Gasteiger partial charge in [-0.2, -0.15) is 0 Å². The van der Waals surface area contributed by atoms with Gasteiger partial charge >= 0.3 is 7.12 Å². The number of furan rings is 1. The normalized spacial score (nSPS) is 26.2. The van der Waals surface area contributed by atoms with E-state index in [-0.39, 0.29) is 18.3 Å². The van der Waals surface area contributed by atoms with E-state index >= 15 is 0 Å². The van der Waals surface area contributed by atoms with Crippen LogP contribution >= 0.6 is 0 Å². The molecule has 1 aliphatic carbocycles. The summed E-state index contributed by atoms with van der Waals surface area (Å²) in [6.45, 7) is 8.25. The van der Waals surface area contributed by atoms with Crippen molar-refractivity contribution < 1.29 is 13.7 Å². The monoisotopic (exact) mass is 262 g/mol. The van der Waals surface area contributed by atoms with Crippen LogP contribution in [-0.2, 0) is 9.31 Å². The first kappa shape index (κ1) is 13.3. The van der Waals surface area contributed by atoms with Gasteiger partial charge in [-0.25, -0.2) is 0 Å². The molecule has 0 atom stereocenters. The van der Waals surface area contributed by atoms with Gasteiger partial charge in [-0.05, 0) is 58.1 Å². The van der Waals surface area contributed by atoms with Crippen LogP contribution in [0.2, 0.25) is 0 Å². The molecule has 0 N–H and O–H groups in total. The summed E-state index contributed by atoms with van der Waals surface area (Å²) in [6, 6.07) is 2.12. The van der Waals surface area contributed by atoms with E-state index in [2.05, 4.69) is 33.8 Å². The first-order valence-electron chi connectivity index (χ1n) is 7.33. The van der Waals surface area contributed by atoms with Gasteiger partial charge < -0.3 is 13.7 Å². The molecule has 1 saturated carbocycles. The molecule has 2 fully saturated rings. The van der Waals surface area contributed by atoms with E-state index in [1.54, 1.807) is 0 Å². The van der Waals surface area contributed by atoms with Gasteiger partial charge in [0.05, 0.1) is 17.5 Å². The quantitative estimate of drug-likeness (QED) is 0.767. The van der Waals surface area contributed by atoms with Crippen LogP contribution in [0.5, 0.6) is 0 Å². The highest BCUT2D eigenvalue weighted by Crippen LogP contribution is 2.37. The van der Waals surface area contributed by atoms with Crippen LogP contribution in [0.15, 0.2) is 16.7 Å². The summed E-state index contributed by atoms with van der Waals surface area (Å²) in [5.41, 5.74) is 1.50. The van der Waals surface area contributed by atoms with Gasteiger partial charge in [0, 0.05) is 0 Å². The first-order chi connectivity index (χ1) is 8.89. The predicted octanol–water partition coefficient (Wildman–Crippen LogP) is 3.24. The van der Waals surface area contributed by atoms with Crippen LogP contribution in [0.4, 0.5) is 0 Å². The predicted molar refractivity (Wildman–Crippen MR) is 75.6 cm³/mol. The Kier molecular flexibility index (Phi) is 3.06. The van der Waals surface area contributed by atoms with Crippen molar-refractivity contribution in [2.75, 3.05) is 0 Å². The molecule has 1 aromatic heterocycles. The molecule has 0 radical (unpaired) electrons. The van der Waals surface area contributed by atoms with E-state index in [4.69, 9.17) is 13.7 Å². The minimum atomic E-state index is -0.375. The minimum absolute atomic E-state index is 0.308. The van der Waals surface area contributed by atoms with Gasteiger partial charge in [0.1, 0.15) is 5.66 Å². The number of hydrogen-bond acceptors (Lipinski definition) is 3. The molecule has 1 aromatic rings. The second kappa shape index (κ2) is 4.39. The molecule has 19 heavy (non-hydrogen) atoms. The van der Waals surface area contributed by atoms with E-state index < -0.39 is 0 Å². The Balaban J connectivity index is 1.77. The van der Waals surface area contributed by atoms with Gasteiger partial charge in [-0.3, -0.25) is 0 Å². The Morgan fingerprint density at radius 2 is 1.63 bits per heavy atom. The van der Waals surface area contributed by atoms with Crippen molar-refractivity contribution >= 4 is 12.8 Å². The fourth-order valence-corrected chi connectivity index (χ4v) is 2.92. The van der Waals surface area contributed by atoms with E-state index in [0.717, 1.165) is 5.66 Å². The highest BCUT2D eigenvalue weighted by atomic mass is 16.7. The molecule has 0 unspecified atom stereocenters. The number of hydrogen-bond donors (Lipinski definition) is 0. The van der Waals surface area contributed by atoms with Gasteiger partial charge in [0.2, 0.25) is 0 Å². The molecular weight excluding hydrogens is 239 g/mol. The highest BCUT2D eigenvalue weighted by Gasteiger charge is 2.53. The van der Waals surface area contributed by atoms with Crippen molar-refractivity contribution in [1.29, 1.82) is 0 Å². The average Bonchev–Trinajstić information content (AvgIpc) is 3.00. The maximum absolute atomic E-state index is 6.01. The van der Waals surface area contributed by atoms with E-state index in [1.807, 2.05) is 6.26 Å². The van der Waals surface area contributed by atoms with Crippen molar-refractivity contribution in [3.8, 4) is 0 Å². The second-order valence-electron chi connectivity index (χ2n) is 6.85. The summed E-state index contributed by atoms with van der Waals surface area (Å²) >= 11 is 0. The lowest BCUT2D eigenvalue weighted by molar-refractivity contribution is 0.00578. The lowest BCUT2D eigenvalue weighted by Crippen LogP contribution is -2.41. The number of rotatable bonds is 2. The molecule has 3 nitrogen and oxygen atoms in total. The van der Waals surface area contributed by atoms with Gasteiger partial charge in [-0.1, -0.05) is 12.8 Å². The standard InChI is InChI=1S/C15H23BO3/c1-14(2)15(3,4)19-16(18-14)13-9-12(10-17-13)11-7-5-6-8-11/h9-11H,5-8H2,1-4H3. The summed E-state index contributed by atoms with van der Waals surface area (Å²) in [5.74, 6) is 0.667. The van der Waals surface area contributed by atoms with Crippen LogP contribution in [0.25, 0.3) is 0 Å². The van der Waals surface area contributed by atoms with Gasteiger partial charge in [0.25, 0.3) is 0 Å². The van der Waals surface area contributed by atoms with Gasteiger partial charge in [-0.15, -0.1) is 0 Å². The molecule has 2 aliphatic rings. The molecule has 3 rings (SSSR count). The molecular formula is C15H23BO3. The Bertz CT molecular complexity index is 442. The fourth-order valence-electron chi connectivity index (χ4n) is 2.92. The van der Waals surface area contributed by atoms with Crippen LogP contribution < -0.4 is 5.66 Å². The van der Waals surface area contributed by atoms with Crippen molar-refractivity contribution in [2.45, 2.75) is 70.5 Å². The maximum Gasteiger partial charge on any atom is 0.532 e.